The van der Waals surface area contributed by atoms with Gasteiger partial charge in [0, 0.05) is 12.2 Å². The molecule has 0 fully saturated rings. The lowest BCUT2D eigenvalue weighted by molar-refractivity contribution is -0.126. The van der Waals surface area contributed by atoms with Gasteiger partial charge in [-0.05, 0) is 23.0 Å². The third-order valence-electron chi connectivity index (χ3n) is 3.40. The summed E-state index contributed by atoms with van der Waals surface area (Å²) in [5, 5.41) is 5.53. The number of hydrogen-bond acceptors (Lipinski definition) is 2. The van der Waals surface area contributed by atoms with Crippen LogP contribution in [-0.4, -0.2) is 18.4 Å². The average molecular weight is 302 g/mol. The number of anilines is 1. The lowest BCUT2D eigenvalue weighted by Gasteiger charge is -2.20. The van der Waals surface area contributed by atoms with E-state index < -0.39 is 0 Å². The normalized spacial score (nSPS) is 10.6. The second kappa shape index (κ2) is 8.37. The lowest BCUT2D eigenvalue weighted by atomic mass is 9.92. The second-order valence-corrected chi connectivity index (χ2v) is 5.94. The van der Waals surface area contributed by atoms with Gasteiger partial charge in [-0.25, -0.2) is 0 Å². The molecule has 1 rings (SSSR count). The van der Waals surface area contributed by atoms with E-state index in [0.717, 1.165) is 16.8 Å². The van der Waals surface area contributed by atoms with Crippen LogP contribution in [0.4, 0.5) is 5.69 Å². The van der Waals surface area contributed by atoms with E-state index in [-0.39, 0.29) is 18.2 Å². The molecule has 0 spiro atoms. The van der Waals surface area contributed by atoms with Gasteiger partial charge in [0.25, 0.3) is 0 Å². The van der Waals surface area contributed by atoms with E-state index in [2.05, 4.69) is 44.9 Å². The SMILES string of the molecule is C=CCNC(=O)CC(=O)Nc1c(C(C)C)cccc1C(C)C. The molecule has 1 aromatic rings. The molecule has 4 heteroatoms. The van der Waals surface area contributed by atoms with Crippen LogP contribution in [-0.2, 0) is 9.59 Å². The number of para-hydroxylation sites is 1. The summed E-state index contributed by atoms with van der Waals surface area (Å²) >= 11 is 0. The Morgan fingerprint density at radius 3 is 2.09 bits per heavy atom. The van der Waals surface area contributed by atoms with Gasteiger partial charge in [-0.2, -0.15) is 0 Å². The molecular formula is C18H26N2O2. The highest BCUT2D eigenvalue weighted by Gasteiger charge is 2.17. The van der Waals surface area contributed by atoms with Crippen molar-refractivity contribution in [3.8, 4) is 0 Å². The van der Waals surface area contributed by atoms with Crippen LogP contribution in [0.2, 0.25) is 0 Å². The van der Waals surface area contributed by atoms with E-state index in [1.54, 1.807) is 6.08 Å². The second-order valence-electron chi connectivity index (χ2n) is 5.94. The minimum atomic E-state index is -0.300. The Morgan fingerprint density at radius 2 is 1.64 bits per heavy atom. The lowest BCUT2D eigenvalue weighted by Crippen LogP contribution is -2.28. The van der Waals surface area contributed by atoms with Crippen LogP contribution in [0, 0.1) is 0 Å². The zero-order valence-electron chi connectivity index (χ0n) is 13.9. The predicted molar refractivity (Wildman–Crippen MR) is 91.1 cm³/mol. The number of nitrogens with one attached hydrogen (secondary N) is 2. The maximum atomic E-state index is 12.1. The Labute approximate surface area is 133 Å². The van der Waals surface area contributed by atoms with Gasteiger partial charge in [-0.1, -0.05) is 52.0 Å². The number of hydrogen-bond donors (Lipinski definition) is 2. The summed E-state index contributed by atoms with van der Waals surface area (Å²) in [6, 6.07) is 6.05. The maximum absolute atomic E-state index is 12.1. The summed E-state index contributed by atoms with van der Waals surface area (Å²) in [7, 11) is 0. The third kappa shape index (κ3) is 5.02. The minimum absolute atomic E-state index is 0.183. The topological polar surface area (TPSA) is 58.2 Å². The number of carbonyl (C=O) groups is 2. The van der Waals surface area contributed by atoms with Crippen LogP contribution < -0.4 is 10.6 Å². The van der Waals surface area contributed by atoms with Gasteiger partial charge in [-0.3, -0.25) is 9.59 Å². The maximum Gasteiger partial charge on any atom is 0.233 e. The van der Waals surface area contributed by atoms with Crippen LogP contribution in [0.1, 0.15) is 57.1 Å². The van der Waals surface area contributed by atoms with Gasteiger partial charge in [0.15, 0.2) is 0 Å². The monoisotopic (exact) mass is 302 g/mol. The molecular weight excluding hydrogens is 276 g/mol. The summed E-state index contributed by atoms with van der Waals surface area (Å²) in [5.74, 6) is -0.00530. The largest absolute Gasteiger partial charge is 0.352 e. The quantitative estimate of drug-likeness (QED) is 0.597. The van der Waals surface area contributed by atoms with Gasteiger partial charge in [0.05, 0.1) is 0 Å². The van der Waals surface area contributed by atoms with Crippen molar-refractivity contribution in [1.82, 2.24) is 5.32 Å². The van der Waals surface area contributed by atoms with Gasteiger partial charge >= 0.3 is 0 Å². The molecule has 1 aromatic carbocycles. The molecule has 0 aliphatic carbocycles. The minimum Gasteiger partial charge on any atom is -0.352 e. The van der Waals surface area contributed by atoms with Crippen LogP contribution in [0.3, 0.4) is 0 Å². The summed E-state index contributed by atoms with van der Waals surface area (Å²) < 4.78 is 0. The first-order valence-electron chi connectivity index (χ1n) is 7.67. The van der Waals surface area contributed by atoms with Gasteiger partial charge in [0.1, 0.15) is 6.42 Å². The molecule has 0 radical (unpaired) electrons. The molecule has 2 amide bonds. The van der Waals surface area contributed by atoms with E-state index in [1.165, 1.54) is 0 Å². The molecule has 0 saturated heterocycles. The van der Waals surface area contributed by atoms with Crippen molar-refractivity contribution in [3.05, 3.63) is 42.0 Å². The van der Waals surface area contributed by atoms with Crippen molar-refractivity contribution in [2.45, 2.75) is 46.0 Å². The van der Waals surface area contributed by atoms with Gasteiger partial charge < -0.3 is 10.6 Å². The molecule has 2 N–H and O–H groups in total. The first kappa shape index (κ1) is 18.0. The molecule has 0 aliphatic rings. The van der Waals surface area contributed by atoms with Crippen LogP contribution in [0.25, 0.3) is 0 Å². The smallest absolute Gasteiger partial charge is 0.233 e. The summed E-state index contributed by atoms with van der Waals surface area (Å²) in [5.41, 5.74) is 3.02. The predicted octanol–water partition coefficient (Wildman–Crippen LogP) is 3.56. The molecule has 22 heavy (non-hydrogen) atoms. The highest BCUT2D eigenvalue weighted by atomic mass is 16.2. The first-order chi connectivity index (χ1) is 10.4. The Balaban J connectivity index is 2.93. The summed E-state index contributed by atoms with van der Waals surface area (Å²) in [6.07, 6.45) is 1.40. The van der Waals surface area contributed by atoms with Crippen molar-refractivity contribution >= 4 is 17.5 Å². The summed E-state index contributed by atoms with van der Waals surface area (Å²) in [4.78, 5) is 23.8. The van der Waals surface area contributed by atoms with Crippen LogP contribution in [0.5, 0.6) is 0 Å². The number of amides is 2. The third-order valence-corrected chi connectivity index (χ3v) is 3.40. The van der Waals surface area contributed by atoms with E-state index in [9.17, 15) is 9.59 Å². The molecule has 0 heterocycles. The zero-order chi connectivity index (χ0) is 16.7. The number of rotatable bonds is 7. The van der Waals surface area contributed by atoms with E-state index in [1.807, 2.05) is 18.2 Å². The fraction of sp³-hybridized carbons (Fsp3) is 0.444. The van der Waals surface area contributed by atoms with Gasteiger partial charge in [-0.15, -0.1) is 6.58 Å². The van der Waals surface area contributed by atoms with E-state index in [0.29, 0.717) is 18.4 Å². The Kier molecular flexibility index (Phi) is 6.83. The molecule has 4 nitrogen and oxygen atoms in total. The van der Waals surface area contributed by atoms with E-state index in [4.69, 9.17) is 0 Å². The molecule has 0 bridgehead atoms. The summed E-state index contributed by atoms with van der Waals surface area (Å²) in [6.45, 7) is 12.2. The molecule has 120 valence electrons. The number of benzene rings is 1. The highest BCUT2D eigenvalue weighted by Crippen LogP contribution is 2.32. The number of carbonyl (C=O) groups excluding carboxylic acids is 2. The Morgan fingerprint density at radius 1 is 1.09 bits per heavy atom. The van der Waals surface area contributed by atoms with Crippen LogP contribution in [0.15, 0.2) is 30.9 Å². The standard InChI is InChI=1S/C18H26N2O2/c1-6-10-19-16(21)11-17(22)20-18-14(12(2)3)8-7-9-15(18)13(4)5/h6-9,12-13H,1,10-11H2,2-5H3,(H,19,21)(H,20,22). The fourth-order valence-electron chi connectivity index (χ4n) is 2.27. The van der Waals surface area contributed by atoms with Crippen LogP contribution >= 0.6 is 0 Å². The molecule has 0 aliphatic heterocycles. The van der Waals surface area contributed by atoms with Crippen molar-refractivity contribution in [2.75, 3.05) is 11.9 Å². The molecule has 0 aromatic heterocycles. The molecule has 0 atom stereocenters. The fourth-order valence-corrected chi connectivity index (χ4v) is 2.27. The molecule has 0 saturated carbocycles. The average Bonchev–Trinajstić information content (AvgIpc) is 2.44. The first-order valence-corrected chi connectivity index (χ1v) is 7.67. The highest BCUT2D eigenvalue weighted by molar-refractivity contribution is 6.04. The molecule has 0 unspecified atom stereocenters. The van der Waals surface area contributed by atoms with Gasteiger partial charge in [0.2, 0.25) is 11.8 Å². The van der Waals surface area contributed by atoms with Crippen molar-refractivity contribution in [2.24, 2.45) is 0 Å². The van der Waals surface area contributed by atoms with Crippen molar-refractivity contribution < 1.29 is 9.59 Å². The van der Waals surface area contributed by atoms with E-state index >= 15 is 0 Å². The Hall–Kier alpha value is -2.10. The Bertz CT molecular complexity index is 522. The van der Waals surface area contributed by atoms with Crippen molar-refractivity contribution in [1.29, 1.82) is 0 Å². The zero-order valence-corrected chi connectivity index (χ0v) is 13.9. The van der Waals surface area contributed by atoms with Crippen molar-refractivity contribution in [3.63, 3.8) is 0 Å².